The molecule has 0 aromatic rings. The normalized spacial score (nSPS) is 30.5. The van der Waals surface area contributed by atoms with Crippen molar-refractivity contribution >= 4 is 11.9 Å². The maximum atomic E-state index is 12.1. The molecule has 0 aliphatic carbocycles. The fraction of sp³-hybridized carbons (Fsp3) is 0.846. The molecule has 2 atom stereocenters. The number of piperidine rings is 1. The molecule has 2 aliphatic rings. The van der Waals surface area contributed by atoms with Gasteiger partial charge in [0.2, 0.25) is 5.91 Å². The van der Waals surface area contributed by atoms with Crippen molar-refractivity contribution < 1.29 is 14.7 Å². The van der Waals surface area contributed by atoms with Crippen LogP contribution in [0.5, 0.6) is 0 Å². The van der Waals surface area contributed by atoms with Gasteiger partial charge in [0.05, 0.1) is 0 Å². The first-order valence-electron chi connectivity index (χ1n) is 6.84. The van der Waals surface area contributed by atoms with Gasteiger partial charge in [-0.3, -0.25) is 9.59 Å². The van der Waals surface area contributed by atoms with Gasteiger partial charge >= 0.3 is 5.97 Å². The van der Waals surface area contributed by atoms with Gasteiger partial charge < -0.3 is 15.7 Å². The first-order valence-corrected chi connectivity index (χ1v) is 6.84. The van der Waals surface area contributed by atoms with Gasteiger partial charge in [-0.1, -0.05) is 0 Å². The average Bonchev–Trinajstić information content (AvgIpc) is 2.57. The van der Waals surface area contributed by atoms with Gasteiger partial charge in [0, 0.05) is 24.9 Å². The van der Waals surface area contributed by atoms with Crippen LogP contribution in [0.15, 0.2) is 0 Å². The molecule has 0 saturated carbocycles. The highest BCUT2D eigenvalue weighted by Crippen LogP contribution is 2.40. The molecular formula is C13H22N2O3. The van der Waals surface area contributed by atoms with Gasteiger partial charge in [-0.05, 0) is 44.6 Å². The second-order valence-electron chi connectivity index (χ2n) is 5.51. The van der Waals surface area contributed by atoms with E-state index >= 15 is 0 Å². The van der Waals surface area contributed by atoms with Gasteiger partial charge in [-0.25, -0.2) is 0 Å². The summed E-state index contributed by atoms with van der Waals surface area (Å²) in [6.07, 6.45) is 5.32. The Hall–Kier alpha value is -1.10. The zero-order valence-electron chi connectivity index (χ0n) is 10.7. The second kappa shape index (κ2) is 5.69. The van der Waals surface area contributed by atoms with Crippen molar-refractivity contribution in [3.05, 3.63) is 0 Å². The Bertz CT molecular complexity index is 318. The predicted octanol–water partition coefficient (Wildman–Crippen LogP) is 0.970. The van der Waals surface area contributed by atoms with Crippen LogP contribution < -0.4 is 5.73 Å². The molecular weight excluding hydrogens is 232 g/mol. The second-order valence-corrected chi connectivity index (χ2v) is 5.51. The smallest absolute Gasteiger partial charge is 0.303 e. The number of rotatable bonds is 5. The summed E-state index contributed by atoms with van der Waals surface area (Å²) in [5.74, 6) is -0.261. The number of hydrogen-bond acceptors (Lipinski definition) is 3. The van der Waals surface area contributed by atoms with Crippen LogP contribution in [0.2, 0.25) is 0 Å². The van der Waals surface area contributed by atoms with E-state index in [1.807, 2.05) is 4.90 Å². The number of carboxylic acids is 1. The number of hydrogen-bond donors (Lipinski definition) is 2. The largest absolute Gasteiger partial charge is 0.481 e. The number of aliphatic carboxylic acids is 1. The van der Waals surface area contributed by atoms with Crippen molar-refractivity contribution in [2.45, 2.75) is 57.0 Å². The molecule has 0 aromatic carbocycles. The Morgan fingerprint density at radius 2 is 1.83 bits per heavy atom. The molecule has 3 N–H and O–H groups in total. The Kier molecular flexibility index (Phi) is 4.22. The van der Waals surface area contributed by atoms with Crippen LogP contribution in [-0.4, -0.2) is 40.5 Å². The topological polar surface area (TPSA) is 83.6 Å². The van der Waals surface area contributed by atoms with E-state index < -0.39 is 5.97 Å². The first kappa shape index (κ1) is 13.3. The maximum absolute atomic E-state index is 12.1. The summed E-state index contributed by atoms with van der Waals surface area (Å²) in [4.78, 5) is 24.9. The van der Waals surface area contributed by atoms with E-state index in [9.17, 15) is 9.59 Å². The molecule has 102 valence electrons. The Balaban J connectivity index is 1.93. The molecule has 2 aliphatic heterocycles. The van der Waals surface area contributed by atoms with Gasteiger partial charge in [0.15, 0.2) is 0 Å². The maximum Gasteiger partial charge on any atom is 0.303 e. The quantitative estimate of drug-likeness (QED) is 0.765. The lowest BCUT2D eigenvalue weighted by Gasteiger charge is -2.38. The molecule has 5 heteroatoms. The van der Waals surface area contributed by atoms with Crippen LogP contribution >= 0.6 is 0 Å². The van der Waals surface area contributed by atoms with Gasteiger partial charge in [-0.15, -0.1) is 0 Å². The number of amides is 1. The van der Waals surface area contributed by atoms with E-state index in [4.69, 9.17) is 10.8 Å². The minimum absolute atomic E-state index is 0.210. The average molecular weight is 254 g/mol. The zero-order chi connectivity index (χ0) is 13.1. The lowest BCUT2D eigenvalue weighted by Crippen LogP contribution is -2.46. The van der Waals surface area contributed by atoms with Crippen LogP contribution in [0, 0.1) is 5.92 Å². The Morgan fingerprint density at radius 1 is 1.22 bits per heavy atom. The predicted molar refractivity (Wildman–Crippen MR) is 66.9 cm³/mol. The molecule has 1 amide bonds. The Morgan fingerprint density at radius 3 is 2.33 bits per heavy atom. The molecule has 2 fully saturated rings. The number of carbonyl (C=O) groups is 2. The van der Waals surface area contributed by atoms with E-state index in [0.717, 1.165) is 32.1 Å². The van der Waals surface area contributed by atoms with Gasteiger partial charge in [0.1, 0.15) is 0 Å². The van der Waals surface area contributed by atoms with E-state index in [-0.39, 0.29) is 30.3 Å². The van der Waals surface area contributed by atoms with E-state index in [2.05, 4.69) is 0 Å². The van der Waals surface area contributed by atoms with E-state index in [1.165, 1.54) is 0 Å². The highest BCUT2D eigenvalue weighted by Gasteiger charge is 2.42. The Labute approximate surface area is 107 Å². The van der Waals surface area contributed by atoms with Crippen molar-refractivity contribution in [2.75, 3.05) is 6.54 Å². The van der Waals surface area contributed by atoms with Gasteiger partial charge in [0.25, 0.3) is 0 Å². The molecule has 2 rings (SSSR count). The molecule has 18 heavy (non-hydrogen) atoms. The first-order chi connectivity index (χ1) is 8.61. The van der Waals surface area contributed by atoms with Crippen molar-refractivity contribution in [1.29, 1.82) is 0 Å². The van der Waals surface area contributed by atoms with Crippen molar-refractivity contribution in [1.82, 2.24) is 4.90 Å². The number of nitrogens with zero attached hydrogens (tertiary/aromatic N) is 1. The van der Waals surface area contributed by atoms with Gasteiger partial charge in [-0.2, -0.15) is 0 Å². The molecule has 2 saturated heterocycles. The van der Waals surface area contributed by atoms with Crippen LogP contribution in [0.1, 0.15) is 44.9 Å². The third kappa shape index (κ3) is 2.83. The van der Waals surface area contributed by atoms with Crippen LogP contribution in [0.25, 0.3) is 0 Å². The summed E-state index contributed by atoms with van der Waals surface area (Å²) >= 11 is 0. The minimum atomic E-state index is -0.720. The molecule has 5 nitrogen and oxygen atoms in total. The molecule has 2 bridgehead atoms. The number of fused-ring (bicyclic) bond motifs is 2. The summed E-state index contributed by atoms with van der Waals surface area (Å²) in [6.45, 7) is 0.552. The summed E-state index contributed by atoms with van der Waals surface area (Å²) in [7, 11) is 0. The minimum Gasteiger partial charge on any atom is -0.481 e. The third-order valence-electron chi connectivity index (χ3n) is 4.18. The molecule has 0 spiro atoms. The van der Waals surface area contributed by atoms with Crippen LogP contribution in [0.3, 0.4) is 0 Å². The van der Waals surface area contributed by atoms with Crippen LogP contribution in [0.4, 0.5) is 0 Å². The highest BCUT2D eigenvalue weighted by molar-refractivity contribution is 5.77. The SMILES string of the molecule is NCCCC(=O)N1C2CCC1CC(CC(=O)O)C2. The van der Waals surface area contributed by atoms with E-state index in [0.29, 0.717) is 13.0 Å². The van der Waals surface area contributed by atoms with Crippen molar-refractivity contribution in [3.63, 3.8) is 0 Å². The number of nitrogens with two attached hydrogens (primary N) is 1. The van der Waals surface area contributed by atoms with Crippen molar-refractivity contribution in [2.24, 2.45) is 11.7 Å². The fourth-order valence-corrected chi connectivity index (χ4v) is 3.49. The number of carbonyl (C=O) groups excluding carboxylic acids is 1. The summed E-state index contributed by atoms with van der Waals surface area (Å²) < 4.78 is 0. The standard InChI is InChI=1S/C13H22N2O3/c14-5-1-2-12(16)15-10-3-4-11(15)7-9(6-10)8-13(17)18/h9-11H,1-8,14H2,(H,17,18). The fourth-order valence-electron chi connectivity index (χ4n) is 3.49. The lowest BCUT2D eigenvalue weighted by atomic mass is 9.88. The highest BCUT2D eigenvalue weighted by atomic mass is 16.4. The van der Waals surface area contributed by atoms with Crippen LogP contribution in [-0.2, 0) is 9.59 Å². The summed E-state index contributed by atoms with van der Waals surface area (Å²) in [5, 5.41) is 8.86. The zero-order valence-corrected chi connectivity index (χ0v) is 10.7. The molecule has 0 aromatic heterocycles. The third-order valence-corrected chi connectivity index (χ3v) is 4.18. The monoisotopic (exact) mass is 254 g/mol. The number of carboxylic acid groups (broad SMARTS) is 1. The lowest BCUT2D eigenvalue weighted by molar-refractivity contribution is -0.140. The summed E-state index contributed by atoms with van der Waals surface area (Å²) in [5.41, 5.74) is 5.43. The molecule has 0 radical (unpaired) electrons. The van der Waals surface area contributed by atoms with E-state index in [1.54, 1.807) is 0 Å². The molecule has 2 heterocycles. The molecule has 2 unspecified atom stereocenters. The summed E-state index contributed by atoms with van der Waals surface area (Å²) in [6, 6.07) is 0.553. The van der Waals surface area contributed by atoms with Crippen molar-refractivity contribution in [3.8, 4) is 0 Å².